The fraction of sp³-hybridized carbons (Fsp3) is 0. The molecule has 0 aromatic carbocycles. The number of allylic oxidation sites excluding steroid dienone is 1. The molecule has 62 valence electrons. The quantitative estimate of drug-likeness (QED) is 0.594. The van der Waals surface area contributed by atoms with Crippen molar-refractivity contribution in [1.29, 1.82) is 0 Å². The highest BCUT2D eigenvalue weighted by atomic mass is 32.2. The average Bonchev–Trinajstić information content (AvgIpc) is 2.24. The van der Waals surface area contributed by atoms with Crippen LogP contribution in [0.25, 0.3) is 0 Å². The van der Waals surface area contributed by atoms with Crippen LogP contribution in [0, 0.1) is 0 Å². The Morgan fingerprint density at radius 3 is 2.17 bits per heavy atom. The second-order valence-electron chi connectivity index (χ2n) is 1.63. The molecule has 0 aliphatic carbocycles. The Kier molecular flexibility index (Phi) is 4.54. The predicted molar refractivity (Wildman–Crippen MR) is 48.2 cm³/mol. The van der Waals surface area contributed by atoms with E-state index >= 15 is 0 Å². The minimum atomic E-state index is 1.47. The summed E-state index contributed by atoms with van der Waals surface area (Å²) in [6.45, 7) is 0. The van der Waals surface area contributed by atoms with Crippen molar-refractivity contribution < 1.29 is 0 Å². The SMILES string of the molecule is C1=CSNN=C1.c1cnnnc1. The molecule has 0 spiro atoms. The zero-order valence-corrected chi connectivity index (χ0v) is 6.98. The molecule has 5 nitrogen and oxygen atoms in total. The third-order valence-electron chi connectivity index (χ3n) is 0.821. The molecule has 0 atom stereocenters. The highest BCUT2D eigenvalue weighted by Crippen LogP contribution is 1.95. The first-order chi connectivity index (χ1) is 6.00. The van der Waals surface area contributed by atoms with Crippen LogP contribution in [0.4, 0.5) is 0 Å². The maximum Gasteiger partial charge on any atom is 0.0529 e. The fourth-order valence-electron chi connectivity index (χ4n) is 0.414. The molecular formula is C6H7N5S. The lowest BCUT2D eigenvalue weighted by Crippen LogP contribution is -1.91. The number of hydrazone groups is 1. The zero-order chi connectivity index (χ0) is 8.49. The van der Waals surface area contributed by atoms with Crippen molar-refractivity contribution in [1.82, 2.24) is 20.2 Å². The molecular weight excluding hydrogens is 174 g/mol. The van der Waals surface area contributed by atoms with E-state index in [0.717, 1.165) is 0 Å². The van der Waals surface area contributed by atoms with Crippen LogP contribution in [0.1, 0.15) is 0 Å². The lowest BCUT2D eigenvalue weighted by Gasteiger charge is -1.92. The van der Waals surface area contributed by atoms with Gasteiger partial charge in [-0.15, -0.1) is 10.2 Å². The standard InChI is InChI=1S/C3H3N3.C3H4N2S/c1-2-4-6-5-3-1;1-2-4-5-6-3-1/h1-3H;1-3,5H. The van der Waals surface area contributed by atoms with Crippen LogP contribution in [0.15, 0.2) is 35.0 Å². The van der Waals surface area contributed by atoms with Crippen LogP contribution in [0.5, 0.6) is 0 Å². The van der Waals surface area contributed by atoms with Crippen molar-refractivity contribution in [2.45, 2.75) is 0 Å². The minimum absolute atomic E-state index is 1.47. The van der Waals surface area contributed by atoms with Gasteiger partial charge in [0, 0.05) is 6.21 Å². The van der Waals surface area contributed by atoms with Crippen LogP contribution < -0.4 is 4.83 Å². The van der Waals surface area contributed by atoms with Gasteiger partial charge >= 0.3 is 0 Å². The van der Waals surface area contributed by atoms with Gasteiger partial charge in [0.25, 0.3) is 0 Å². The van der Waals surface area contributed by atoms with Gasteiger partial charge in [0.15, 0.2) is 0 Å². The van der Waals surface area contributed by atoms with Gasteiger partial charge in [-0.3, -0.25) is 0 Å². The largest absolute Gasteiger partial charge is 0.248 e. The molecule has 0 amide bonds. The molecule has 2 heterocycles. The summed E-state index contributed by atoms with van der Waals surface area (Å²) in [7, 11) is 0. The van der Waals surface area contributed by atoms with Crippen molar-refractivity contribution in [3.05, 3.63) is 29.9 Å². The molecule has 1 aliphatic rings. The molecule has 6 heteroatoms. The summed E-state index contributed by atoms with van der Waals surface area (Å²) in [5, 5.41) is 15.7. The summed E-state index contributed by atoms with van der Waals surface area (Å²) in [5.74, 6) is 0. The molecule has 1 aromatic rings. The molecule has 0 bridgehead atoms. The van der Waals surface area contributed by atoms with Crippen LogP contribution >= 0.6 is 11.9 Å². The van der Waals surface area contributed by atoms with E-state index in [4.69, 9.17) is 0 Å². The topological polar surface area (TPSA) is 63.1 Å². The minimum Gasteiger partial charge on any atom is -0.248 e. The van der Waals surface area contributed by atoms with E-state index < -0.39 is 0 Å². The first-order valence-corrected chi connectivity index (χ1v) is 4.05. The van der Waals surface area contributed by atoms with Crippen molar-refractivity contribution in [2.75, 3.05) is 0 Å². The maximum atomic E-state index is 3.68. The second-order valence-corrected chi connectivity index (χ2v) is 2.32. The van der Waals surface area contributed by atoms with E-state index in [1.54, 1.807) is 24.7 Å². The number of hydrogen-bond donors (Lipinski definition) is 1. The first kappa shape index (κ1) is 8.66. The first-order valence-electron chi connectivity index (χ1n) is 3.17. The van der Waals surface area contributed by atoms with E-state index in [2.05, 4.69) is 25.3 Å². The summed E-state index contributed by atoms with van der Waals surface area (Å²) in [4.78, 5) is 2.68. The van der Waals surface area contributed by atoms with E-state index in [9.17, 15) is 0 Å². The monoisotopic (exact) mass is 181 g/mol. The van der Waals surface area contributed by atoms with Gasteiger partial charge in [-0.05, 0) is 34.7 Å². The van der Waals surface area contributed by atoms with Gasteiger partial charge in [-0.2, -0.15) is 5.10 Å². The van der Waals surface area contributed by atoms with Crippen LogP contribution in [-0.2, 0) is 0 Å². The average molecular weight is 181 g/mol. The third kappa shape index (κ3) is 4.40. The Bertz CT molecular complexity index is 209. The van der Waals surface area contributed by atoms with Gasteiger partial charge in [0.1, 0.15) is 0 Å². The van der Waals surface area contributed by atoms with Crippen LogP contribution in [-0.4, -0.2) is 21.6 Å². The van der Waals surface area contributed by atoms with E-state index in [-0.39, 0.29) is 0 Å². The zero-order valence-electron chi connectivity index (χ0n) is 6.16. The molecule has 0 fully saturated rings. The molecule has 1 N–H and O–H groups in total. The Morgan fingerprint density at radius 1 is 1.17 bits per heavy atom. The van der Waals surface area contributed by atoms with Gasteiger partial charge in [-0.25, -0.2) is 4.83 Å². The predicted octanol–water partition coefficient (Wildman–Crippen LogP) is 0.609. The molecule has 0 radical (unpaired) electrons. The Balaban J connectivity index is 0.000000120. The van der Waals surface area contributed by atoms with Crippen molar-refractivity contribution >= 4 is 18.2 Å². The number of aromatic nitrogens is 3. The summed E-state index contributed by atoms with van der Waals surface area (Å²) in [6, 6.07) is 1.72. The van der Waals surface area contributed by atoms with Crippen molar-refractivity contribution in [3.63, 3.8) is 0 Å². The fourth-order valence-corrected chi connectivity index (χ4v) is 0.745. The Labute approximate surface area is 74.1 Å². The number of nitrogens with zero attached hydrogens (tertiary/aromatic N) is 4. The second kappa shape index (κ2) is 6.29. The number of hydrogen-bond acceptors (Lipinski definition) is 6. The number of rotatable bonds is 0. The molecule has 0 saturated carbocycles. The number of nitrogens with one attached hydrogen (secondary N) is 1. The maximum absolute atomic E-state index is 3.68. The van der Waals surface area contributed by atoms with Gasteiger partial charge in [0.05, 0.1) is 12.4 Å². The Hall–Kier alpha value is -1.43. The van der Waals surface area contributed by atoms with Crippen molar-refractivity contribution in [2.24, 2.45) is 5.10 Å². The molecule has 12 heavy (non-hydrogen) atoms. The molecule has 1 aromatic heterocycles. The molecule has 0 saturated heterocycles. The smallest absolute Gasteiger partial charge is 0.0529 e. The third-order valence-corrected chi connectivity index (χ3v) is 1.33. The van der Waals surface area contributed by atoms with E-state index in [1.807, 2.05) is 11.5 Å². The summed E-state index contributed by atoms with van der Waals surface area (Å²) in [5.41, 5.74) is 0. The highest BCUT2D eigenvalue weighted by molar-refractivity contribution is 8.00. The van der Waals surface area contributed by atoms with Crippen LogP contribution in [0.3, 0.4) is 0 Å². The van der Waals surface area contributed by atoms with Gasteiger partial charge in [-0.1, -0.05) is 0 Å². The van der Waals surface area contributed by atoms with E-state index in [0.29, 0.717) is 0 Å². The highest BCUT2D eigenvalue weighted by Gasteiger charge is 1.75. The summed E-state index contributed by atoms with van der Waals surface area (Å²) < 4.78 is 0. The normalized spacial score (nSPS) is 12.7. The molecule has 2 rings (SSSR count). The lowest BCUT2D eigenvalue weighted by atomic mass is 10.7. The van der Waals surface area contributed by atoms with Crippen molar-refractivity contribution in [3.8, 4) is 0 Å². The van der Waals surface area contributed by atoms with E-state index in [1.165, 1.54) is 11.9 Å². The lowest BCUT2D eigenvalue weighted by molar-refractivity contribution is 0.865. The van der Waals surface area contributed by atoms with Crippen LogP contribution in [0.2, 0.25) is 0 Å². The Morgan fingerprint density at radius 2 is 2.00 bits per heavy atom. The molecule has 1 aliphatic heterocycles. The summed E-state index contributed by atoms with van der Waals surface area (Å²) >= 11 is 1.47. The summed E-state index contributed by atoms with van der Waals surface area (Å²) in [6.07, 6.45) is 6.73. The molecule has 0 unspecified atom stereocenters. The van der Waals surface area contributed by atoms with Gasteiger partial charge in [0.2, 0.25) is 0 Å². The van der Waals surface area contributed by atoms with Gasteiger partial charge < -0.3 is 0 Å².